The molecule has 112 valence electrons. The largest absolute Gasteiger partial charge is 0.325 e. The summed E-state index contributed by atoms with van der Waals surface area (Å²) < 4.78 is 1.93. The lowest BCUT2D eigenvalue weighted by molar-refractivity contribution is 0.678. The van der Waals surface area contributed by atoms with Crippen LogP contribution in [-0.2, 0) is 13.1 Å². The molecule has 0 radical (unpaired) electrons. The number of hydrogen-bond acceptors (Lipinski definition) is 2. The highest BCUT2D eigenvalue weighted by atomic mass is 35.5. The molecule has 0 saturated heterocycles. The third-order valence-corrected chi connectivity index (χ3v) is 3.85. The smallest absolute Gasteiger partial charge is 0.0767 e. The lowest BCUT2D eigenvalue weighted by Crippen LogP contribution is -2.05. The second-order valence-electron chi connectivity index (χ2n) is 5.02. The van der Waals surface area contributed by atoms with Crippen molar-refractivity contribution in [2.75, 3.05) is 0 Å². The highest BCUT2D eigenvalue weighted by Crippen LogP contribution is 2.25. The molecule has 0 amide bonds. The van der Waals surface area contributed by atoms with E-state index >= 15 is 0 Å². The molecule has 1 aromatic heterocycles. The predicted molar refractivity (Wildman–Crippen MR) is 91.1 cm³/mol. The molecule has 0 aliphatic rings. The van der Waals surface area contributed by atoms with Gasteiger partial charge in [-0.1, -0.05) is 47.5 Å². The first-order valence-corrected chi connectivity index (χ1v) is 7.68. The molecule has 2 aromatic carbocycles. The van der Waals surface area contributed by atoms with Gasteiger partial charge in [-0.25, -0.2) is 0 Å². The van der Waals surface area contributed by atoms with Crippen molar-refractivity contribution in [2.45, 2.75) is 13.1 Å². The summed E-state index contributed by atoms with van der Waals surface area (Å²) in [4.78, 5) is 0. The molecule has 0 bridgehead atoms. The average molecular weight is 332 g/mol. The zero-order chi connectivity index (χ0) is 15.5. The van der Waals surface area contributed by atoms with Crippen LogP contribution in [0.15, 0.2) is 54.6 Å². The van der Waals surface area contributed by atoms with Crippen molar-refractivity contribution in [3.63, 3.8) is 0 Å². The highest BCUT2D eigenvalue weighted by molar-refractivity contribution is 6.31. The Hall–Kier alpha value is -1.81. The first-order valence-electron chi connectivity index (χ1n) is 6.93. The van der Waals surface area contributed by atoms with E-state index in [1.807, 2.05) is 59.3 Å². The van der Waals surface area contributed by atoms with Gasteiger partial charge in [0.15, 0.2) is 0 Å². The van der Waals surface area contributed by atoms with E-state index in [2.05, 4.69) is 5.10 Å². The van der Waals surface area contributed by atoms with E-state index in [0.717, 1.165) is 22.5 Å². The number of halogens is 2. The van der Waals surface area contributed by atoms with Crippen molar-refractivity contribution in [1.29, 1.82) is 0 Å². The molecular formula is C17H15Cl2N3. The summed E-state index contributed by atoms with van der Waals surface area (Å²) in [5.74, 6) is 0. The molecule has 3 nitrogen and oxygen atoms in total. The van der Waals surface area contributed by atoms with Crippen LogP contribution in [0.5, 0.6) is 0 Å². The minimum absolute atomic E-state index is 0.399. The van der Waals surface area contributed by atoms with Crippen molar-refractivity contribution in [3.05, 3.63) is 75.9 Å². The van der Waals surface area contributed by atoms with Gasteiger partial charge in [-0.3, -0.25) is 4.68 Å². The van der Waals surface area contributed by atoms with Crippen molar-refractivity contribution in [2.24, 2.45) is 5.73 Å². The molecule has 0 atom stereocenters. The quantitative estimate of drug-likeness (QED) is 0.771. The van der Waals surface area contributed by atoms with Crippen molar-refractivity contribution >= 4 is 23.2 Å². The molecule has 0 unspecified atom stereocenters. The summed E-state index contributed by atoms with van der Waals surface area (Å²) >= 11 is 12.2. The van der Waals surface area contributed by atoms with E-state index in [4.69, 9.17) is 28.9 Å². The molecule has 3 aromatic rings. The van der Waals surface area contributed by atoms with Crippen LogP contribution in [-0.4, -0.2) is 9.78 Å². The van der Waals surface area contributed by atoms with Gasteiger partial charge in [-0.05, 0) is 35.9 Å². The minimum atomic E-state index is 0.399. The van der Waals surface area contributed by atoms with Gasteiger partial charge in [0.1, 0.15) is 0 Å². The first kappa shape index (κ1) is 15.1. The Bertz CT molecular complexity index is 796. The summed E-state index contributed by atoms with van der Waals surface area (Å²) in [6.07, 6.45) is 0. The fraction of sp³-hybridized carbons (Fsp3) is 0.118. The predicted octanol–water partition coefficient (Wildman–Crippen LogP) is 4.36. The van der Waals surface area contributed by atoms with Crippen LogP contribution in [0, 0.1) is 0 Å². The van der Waals surface area contributed by atoms with Crippen LogP contribution in [0.25, 0.3) is 11.3 Å². The van der Waals surface area contributed by atoms with Crippen LogP contribution in [0.3, 0.4) is 0 Å². The normalized spacial score (nSPS) is 10.9. The van der Waals surface area contributed by atoms with Gasteiger partial charge in [0, 0.05) is 22.2 Å². The van der Waals surface area contributed by atoms with E-state index in [1.54, 1.807) is 0 Å². The Balaban J connectivity index is 2.02. The standard InChI is InChI=1S/C17H15Cl2N3/c18-14-5-1-3-12(7-14)11-22-17(9-16(10-20)21-22)13-4-2-6-15(19)8-13/h1-9H,10-11,20H2. The van der Waals surface area contributed by atoms with Crippen LogP contribution in [0.1, 0.15) is 11.3 Å². The third kappa shape index (κ3) is 3.33. The molecule has 0 saturated carbocycles. The van der Waals surface area contributed by atoms with Gasteiger partial charge in [0.2, 0.25) is 0 Å². The topological polar surface area (TPSA) is 43.8 Å². The van der Waals surface area contributed by atoms with Crippen molar-refractivity contribution in [3.8, 4) is 11.3 Å². The second-order valence-corrected chi connectivity index (χ2v) is 5.90. The Morgan fingerprint density at radius 1 is 0.955 bits per heavy atom. The van der Waals surface area contributed by atoms with E-state index in [-0.39, 0.29) is 0 Å². The molecular weight excluding hydrogens is 317 g/mol. The number of hydrogen-bond donors (Lipinski definition) is 1. The Morgan fingerprint density at radius 3 is 2.36 bits per heavy atom. The maximum absolute atomic E-state index is 6.10. The first-order chi connectivity index (χ1) is 10.7. The van der Waals surface area contributed by atoms with Crippen molar-refractivity contribution in [1.82, 2.24) is 9.78 Å². The molecule has 0 spiro atoms. The van der Waals surface area contributed by atoms with Crippen LogP contribution < -0.4 is 5.73 Å². The summed E-state index contributed by atoms with van der Waals surface area (Å²) in [6.45, 7) is 1.03. The molecule has 1 heterocycles. The number of nitrogens with two attached hydrogens (primary N) is 1. The summed E-state index contributed by atoms with van der Waals surface area (Å²) in [7, 11) is 0. The fourth-order valence-electron chi connectivity index (χ4n) is 2.38. The monoisotopic (exact) mass is 331 g/mol. The molecule has 0 fully saturated rings. The lowest BCUT2D eigenvalue weighted by atomic mass is 10.1. The second kappa shape index (κ2) is 6.53. The van der Waals surface area contributed by atoms with E-state index in [9.17, 15) is 0 Å². The summed E-state index contributed by atoms with van der Waals surface area (Å²) in [6, 6.07) is 17.5. The maximum atomic E-state index is 6.10. The molecule has 2 N–H and O–H groups in total. The highest BCUT2D eigenvalue weighted by Gasteiger charge is 2.10. The molecule has 22 heavy (non-hydrogen) atoms. The third-order valence-electron chi connectivity index (χ3n) is 3.38. The van der Waals surface area contributed by atoms with E-state index in [1.165, 1.54) is 0 Å². The van der Waals surface area contributed by atoms with Crippen LogP contribution >= 0.6 is 23.2 Å². The van der Waals surface area contributed by atoms with E-state index < -0.39 is 0 Å². The van der Waals surface area contributed by atoms with Gasteiger partial charge >= 0.3 is 0 Å². The number of aromatic nitrogens is 2. The Morgan fingerprint density at radius 2 is 1.68 bits per heavy atom. The van der Waals surface area contributed by atoms with Crippen LogP contribution in [0.2, 0.25) is 10.0 Å². The van der Waals surface area contributed by atoms with Gasteiger partial charge in [0.25, 0.3) is 0 Å². The summed E-state index contributed by atoms with van der Waals surface area (Å²) in [5, 5.41) is 5.98. The van der Waals surface area contributed by atoms with Crippen molar-refractivity contribution < 1.29 is 0 Å². The maximum Gasteiger partial charge on any atom is 0.0767 e. The molecule has 5 heteroatoms. The lowest BCUT2D eigenvalue weighted by Gasteiger charge is -2.08. The number of rotatable bonds is 4. The van der Waals surface area contributed by atoms with Gasteiger partial charge < -0.3 is 5.73 Å². The SMILES string of the molecule is NCc1cc(-c2cccc(Cl)c2)n(Cc2cccc(Cl)c2)n1. The number of nitrogens with zero attached hydrogens (tertiary/aromatic N) is 2. The van der Waals surface area contributed by atoms with Gasteiger partial charge in [-0.15, -0.1) is 0 Å². The van der Waals surface area contributed by atoms with E-state index in [0.29, 0.717) is 23.1 Å². The summed E-state index contributed by atoms with van der Waals surface area (Å²) in [5.41, 5.74) is 9.67. The zero-order valence-corrected chi connectivity index (χ0v) is 13.3. The average Bonchev–Trinajstić information content (AvgIpc) is 2.90. The molecule has 0 aliphatic carbocycles. The van der Waals surface area contributed by atoms with Gasteiger partial charge in [-0.2, -0.15) is 5.10 Å². The van der Waals surface area contributed by atoms with Gasteiger partial charge in [0.05, 0.1) is 17.9 Å². The molecule has 0 aliphatic heterocycles. The Labute approximate surface area is 139 Å². The number of benzene rings is 2. The fourth-order valence-corrected chi connectivity index (χ4v) is 2.78. The Kier molecular flexibility index (Phi) is 4.48. The minimum Gasteiger partial charge on any atom is -0.325 e. The zero-order valence-electron chi connectivity index (χ0n) is 11.8. The molecule has 3 rings (SSSR count). The van der Waals surface area contributed by atoms with Crippen LogP contribution in [0.4, 0.5) is 0 Å².